The van der Waals surface area contributed by atoms with Crippen molar-refractivity contribution in [1.82, 2.24) is 20.4 Å². The monoisotopic (exact) mass is 971 g/mol. The van der Waals surface area contributed by atoms with E-state index in [2.05, 4.69) is 10.6 Å². The number of carbonyl (C=O) groups is 6. The molecule has 2 aromatic rings. The Morgan fingerprint density at radius 2 is 1.46 bits per heavy atom. The van der Waals surface area contributed by atoms with Crippen molar-refractivity contribution in [3.63, 3.8) is 0 Å². The van der Waals surface area contributed by atoms with Crippen LogP contribution in [0.15, 0.2) is 48.5 Å². The summed E-state index contributed by atoms with van der Waals surface area (Å²) < 4.78 is 39.3. The second kappa shape index (κ2) is 23.8. The third-order valence-corrected chi connectivity index (χ3v) is 10.8. The van der Waals surface area contributed by atoms with Gasteiger partial charge < -0.3 is 63.8 Å². The topological polar surface area (TPSA) is 238 Å². The Labute approximate surface area is 405 Å². The molecule has 3 aliphatic heterocycles. The predicted octanol–water partition coefficient (Wildman–Crippen LogP) is 5.91. The summed E-state index contributed by atoms with van der Waals surface area (Å²) >= 11 is 0. The largest absolute Gasteiger partial charge is 0.508 e. The van der Waals surface area contributed by atoms with Crippen LogP contribution < -0.4 is 24.8 Å². The number of likely N-dealkylation sites (tertiary alicyclic amines) is 1. The van der Waals surface area contributed by atoms with Crippen molar-refractivity contribution in [3.8, 4) is 23.0 Å². The number of fused-ring (bicyclic) bond motifs is 4. The van der Waals surface area contributed by atoms with E-state index in [-0.39, 0.29) is 49.6 Å². The molecule has 4 amide bonds. The predicted molar refractivity (Wildman–Crippen MR) is 253 cm³/mol. The van der Waals surface area contributed by atoms with Crippen molar-refractivity contribution in [2.45, 2.75) is 156 Å². The van der Waals surface area contributed by atoms with E-state index >= 15 is 0 Å². The summed E-state index contributed by atoms with van der Waals surface area (Å²) in [5.41, 5.74) is -2.81. The van der Waals surface area contributed by atoms with Crippen molar-refractivity contribution in [2.75, 3.05) is 39.5 Å². The van der Waals surface area contributed by atoms with Crippen LogP contribution in [0.25, 0.3) is 0 Å². The summed E-state index contributed by atoms with van der Waals surface area (Å²) in [5, 5.41) is 23.9. The van der Waals surface area contributed by atoms with E-state index in [0.717, 1.165) is 0 Å². The van der Waals surface area contributed by atoms with Gasteiger partial charge in [0, 0.05) is 57.7 Å². The molecule has 3 heterocycles. The highest BCUT2D eigenvalue weighted by Crippen LogP contribution is 2.31. The van der Waals surface area contributed by atoms with Crippen LogP contribution >= 0.6 is 0 Å². The molecule has 4 bridgehead atoms. The van der Waals surface area contributed by atoms with Gasteiger partial charge in [0.1, 0.15) is 58.4 Å². The number of ether oxygens (including phenoxy) is 7. The molecule has 2 fully saturated rings. The summed E-state index contributed by atoms with van der Waals surface area (Å²) in [6.07, 6.45) is -0.744. The number of esters is 2. The highest BCUT2D eigenvalue weighted by atomic mass is 16.6. The van der Waals surface area contributed by atoms with Crippen LogP contribution in [-0.4, -0.2) is 143 Å². The number of aromatic hydroxyl groups is 1. The first-order valence-electron chi connectivity index (χ1n) is 23.4. The molecule has 4 N–H and O–H groups in total. The molecule has 0 radical (unpaired) electrons. The lowest BCUT2D eigenvalue weighted by Gasteiger charge is -2.35. The lowest BCUT2D eigenvalue weighted by Crippen LogP contribution is -2.57. The number of carbonyl (C=O) groups excluding carboxylic acids is 6. The Hall–Kier alpha value is -5.66. The van der Waals surface area contributed by atoms with Gasteiger partial charge in [0.15, 0.2) is 0 Å². The number of rotatable bonds is 9. The molecule has 69 heavy (non-hydrogen) atoms. The molecular weight excluding hydrogens is 897 g/mol. The van der Waals surface area contributed by atoms with Crippen LogP contribution in [-0.2, 0) is 38.1 Å². The fourth-order valence-corrected chi connectivity index (χ4v) is 7.64. The number of hydrogen-bond acceptors (Lipinski definition) is 15. The number of phenolic OH excluding ortho intramolecular Hbond substituents is 1. The zero-order chi connectivity index (χ0) is 51.5. The second-order valence-electron chi connectivity index (χ2n) is 21.5. The van der Waals surface area contributed by atoms with Crippen molar-refractivity contribution < 1.29 is 72.1 Å². The average molecular weight is 971 g/mol. The SMILES string of the molecule is CC(C)(C)OC(=O)[C@@H]1C[C@@H](OCCCO)CN1C(=O)[C@@H](NC(=O)Oc1cccc(O)c1)C(C)(C)C.CC(C)(C)OC(=O)[C@@H]1C[C@@H]2CN1C(=O)[C@H](C(C)(C)C)NC(=O)Oc1cccc(c1)OCCCO2. The van der Waals surface area contributed by atoms with Crippen molar-refractivity contribution in [1.29, 1.82) is 0 Å². The van der Waals surface area contributed by atoms with Gasteiger partial charge in [-0.05, 0) is 83.1 Å². The standard InChI is InChI=1S/C25H38N2O8.C25H36N2O7/c1-24(2,3)20(26-23(32)34-17-10-7-9-16(29)13-17)21(30)27-15-18(33-12-8-11-28)14-19(27)22(31)35-25(4,5)6;1-24(2,3)20-21(28)27-15-18(14-19(27)22(29)34-25(4,5)6)32-12-8-11-31-16-9-7-10-17(13-16)33-23(30)26-20/h7,9-10,13,18-20,28-29H,8,11-12,14-15H2,1-6H3,(H,26,32);7,9-10,13,18-20H,8,11-12,14-15H2,1-6H3,(H,26,30)/t2*18-,19+,20-/m11/s1. The maximum absolute atomic E-state index is 13.7. The normalized spacial score (nSPS) is 21.9. The first kappa shape index (κ1) is 55.9. The van der Waals surface area contributed by atoms with Crippen molar-refractivity contribution in [2.24, 2.45) is 10.8 Å². The molecule has 3 aliphatic rings. The average Bonchev–Trinajstić information content (AvgIpc) is 3.85. The van der Waals surface area contributed by atoms with Crippen LogP contribution in [0.2, 0.25) is 0 Å². The van der Waals surface area contributed by atoms with E-state index in [1.165, 1.54) is 34.1 Å². The Bertz CT molecular complexity index is 2090. The van der Waals surface area contributed by atoms with E-state index in [4.69, 9.17) is 38.3 Å². The Morgan fingerprint density at radius 3 is 2.07 bits per heavy atom. The zero-order valence-electron chi connectivity index (χ0n) is 42.3. The number of aliphatic hydroxyl groups excluding tert-OH is 1. The Balaban J connectivity index is 0.000000301. The zero-order valence-corrected chi connectivity index (χ0v) is 42.3. The fraction of sp³-hybridized carbons (Fsp3) is 0.640. The molecule has 0 unspecified atom stereocenters. The summed E-state index contributed by atoms with van der Waals surface area (Å²) in [6.45, 7) is 23.0. The Kier molecular flexibility index (Phi) is 19.3. The van der Waals surface area contributed by atoms with Gasteiger partial charge in [-0.3, -0.25) is 9.59 Å². The first-order valence-corrected chi connectivity index (χ1v) is 23.4. The molecule has 19 heteroatoms. The van der Waals surface area contributed by atoms with Gasteiger partial charge in [-0.15, -0.1) is 0 Å². The summed E-state index contributed by atoms with van der Waals surface area (Å²) in [5.74, 6) is -0.959. The number of hydrogen-bond donors (Lipinski definition) is 4. The van der Waals surface area contributed by atoms with Gasteiger partial charge in [-0.25, -0.2) is 19.2 Å². The lowest BCUT2D eigenvalue weighted by atomic mass is 9.85. The number of nitrogens with zero attached hydrogens (tertiary/aromatic N) is 2. The highest BCUT2D eigenvalue weighted by Gasteiger charge is 2.48. The maximum atomic E-state index is 13.7. The van der Waals surface area contributed by atoms with Crippen LogP contribution in [0.3, 0.4) is 0 Å². The smallest absolute Gasteiger partial charge is 0.413 e. The lowest BCUT2D eigenvalue weighted by molar-refractivity contribution is -0.164. The molecular formula is C50H74N4O15. The highest BCUT2D eigenvalue weighted by molar-refractivity contribution is 5.92. The molecule has 384 valence electrons. The molecule has 2 aromatic carbocycles. The summed E-state index contributed by atoms with van der Waals surface area (Å²) in [6, 6.07) is 8.86. The van der Waals surface area contributed by atoms with E-state index in [9.17, 15) is 33.9 Å². The third kappa shape index (κ3) is 17.7. The van der Waals surface area contributed by atoms with E-state index in [0.29, 0.717) is 50.6 Å². The number of aliphatic hydroxyl groups is 1. The summed E-state index contributed by atoms with van der Waals surface area (Å²) in [4.78, 5) is 81.6. The van der Waals surface area contributed by atoms with Gasteiger partial charge >= 0.3 is 24.1 Å². The van der Waals surface area contributed by atoms with Crippen LogP contribution in [0, 0.1) is 10.8 Å². The van der Waals surface area contributed by atoms with Crippen LogP contribution in [0.5, 0.6) is 23.0 Å². The number of phenols is 1. The minimum atomic E-state index is -1.02. The van der Waals surface area contributed by atoms with Gasteiger partial charge in [0.25, 0.3) is 0 Å². The van der Waals surface area contributed by atoms with Crippen LogP contribution in [0.4, 0.5) is 9.59 Å². The molecule has 6 atom stereocenters. The van der Waals surface area contributed by atoms with Gasteiger partial charge in [-0.2, -0.15) is 0 Å². The van der Waals surface area contributed by atoms with E-state index in [1.807, 2.05) is 20.8 Å². The molecule has 0 aromatic heterocycles. The quantitative estimate of drug-likeness (QED) is 0.169. The minimum Gasteiger partial charge on any atom is -0.508 e. The van der Waals surface area contributed by atoms with Crippen LogP contribution in [0.1, 0.15) is 109 Å². The fourth-order valence-electron chi connectivity index (χ4n) is 7.64. The van der Waals surface area contributed by atoms with E-state index in [1.54, 1.807) is 86.6 Å². The van der Waals surface area contributed by atoms with E-state index < -0.39 is 82.3 Å². The maximum Gasteiger partial charge on any atom is 0.413 e. The number of amides is 4. The van der Waals surface area contributed by atoms with Gasteiger partial charge in [-0.1, -0.05) is 53.7 Å². The second-order valence-corrected chi connectivity index (χ2v) is 21.5. The van der Waals surface area contributed by atoms with Crippen molar-refractivity contribution in [3.05, 3.63) is 48.5 Å². The number of nitrogens with one attached hydrogen (secondary N) is 2. The molecule has 0 saturated carbocycles. The molecule has 5 rings (SSSR count). The van der Waals surface area contributed by atoms with Crippen molar-refractivity contribution >= 4 is 35.9 Å². The minimum absolute atomic E-state index is 0.0256. The molecule has 0 aliphatic carbocycles. The summed E-state index contributed by atoms with van der Waals surface area (Å²) in [7, 11) is 0. The molecule has 2 saturated heterocycles. The molecule has 0 spiro atoms. The Morgan fingerprint density at radius 1 is 0.826 bits per heavy atom. The van der Waals surface area contributed by atoms with Gasteiger partial charge in [0.2, 0.25) is 11.8 Å². The first-order chi connectivity index (χ1) is 32.0. The van der Waals surface area contributed by atoms with Gasteiger partial charge in [0.05, 0.1) is 25.4 Å². The third-order valence-electron chi connectivity index (χ3n) is 10.8. The molecule has 19 nitrogen and oxygen atoms in total. The number of benzene rings is 2.